The second-order valence-corrected chi connectivity index (χ2v) is 4.76. The Hall–Kier alpha value is -2.17. The molecule has 0 unspecified atom stereocenters. The van der Waals surface area contributed by atoms with Gasteiger partial charge >= 0.3 is 5.97 Å². The number of benzene rings is 1. The number of carbonyl (C=O) groups excluding carboxylic acids is 1. The van der Waals surface area contributed by atoms with E-state index in [0.29, 0.717) is 17.2 Å². The van der Waals surface area contributed by atoms with Gasteiger partial charge in [0.15, 0.2) is 11.5 Å². The third-order valence-corrected chi connectivity index (χ3v) is 3.27. The lowest BCUT2D eigenvalue weighted by Gasteiger charge is -2.12. The fourth-order valence-corrected chi connectivity index (χ4v) is 1.93. The average Bonchev–Trinajstić information content (AvgIpc) is 3.35. The van der Waals surface area contributed by atoms with E-state index in [0.717, 1.165) is 18.4 Å². The van der Waals surface area contributed by atoms with Gasteiger partial charge in [0.05, 0.1) is 27.2 Å². The Bertz CT molecular complexity index is 532. The number of hydrogen-bond donors (Lipinski definition) is 0. The van der Waals surface area contributed by atoms with Crippen molar-refractivity contribution < 1.29 is 23.7 Å². The maximum absolute atomic E-state index is 11.4. The minimum atomic E-state index is -0.112. The van der Waals surface area contributed by atoms with Gasteiger partial charge in [-0.15, -0.1) is 0 Å². The summed E-state index contributed by atoms with van der Waals surface area (Å²) in [6, 6.07) is 3.57. The molecule has 0 bridgehead atoms. The molecule has 1 aromatic rings. The second kappa shape index (κ2) is 7.02. The molecule has 0 aliphatic heterocycles. The molecule has 0 atom stereocenters. The van der Waals surface area contributed by atoms with Crippen molar-refractivity contribution in [3.05, 3.63) is 23.8 Å². The number of methoxy groups -OCH3 is 3. The minimum absolute atomic E-state index is 0.112. The van der Waals surface area contributed by atoms with Gasteiger partial charge in [-0.25, -0.2) is 0 Å². The van der Waals surface area contributed by atoms with Crippen LogP contribution < -0.4 is 14.2 Å². The highest BCUT2D eigenvalue weighted by Crippen LogP contribution is 2.35. The van der Waals surface area contributed by atoms with Crippen molar-refractivity contribution in [2.45, 2.75) is 12.8 Å². The van der Waals surface area contributed by atoms with Gasteiger partial charge in [-0.05, 0) is 25.0 Å². The number of hydrogen-bond acceptors (Lipinski definition) is 5. The summed E-state index contributed by atoms with van der Waals surface area (Å²) in [5.74, 6) is 1.89. The highest BCUT2D eigenvalue weighted by Gasteiger charge is 2.30. The Kier molecular flexibility index (Phi) is 5.09. The maximum Gasteiger partial charge on any atom is 0.309 e. The molecule has 0 radical (unpaired) electrons. The normalized spacial score (nSPS) is 14.0. The summed E-state index contributed by atoms with van der Waals surface area (Å²) >= 11 is 0. The molecule has 21 heavy (non-hydrogen) atoms. The van der Waals surface area contributed by atoms with Crippen molar-refractivity contribution in [3.8, 4) is 17.2 Å². The van der Waals surface area contributed by atoms with Gasteiger partial charge in [0.25, 0.3) is 0 Å². The Morgan fingerprint density at radius 3 is 2.29 bits per heavy atom. The minimum Gasteiger partial charge on any atom is -0.496 e. The standard InChI is InChI=1S/C16H20O5/c1-18-13-10-15(20-3)14(19-2)9-12(13)5-4-8-21-16(17)11-6-7-11/h4-5,9-11H,6-8H2,1-3H3/b5-4+. The van der Waals surface area contributed by atoms with Crippen LogP contribution in [-0.2, 0) is 9.53 Å². The number of esters is 1. The van der Waals surface area contributed by atoms with Crippen molar-refractivity contribution in [2.24, 2.45) is 5.92 Å². The van der Waals surface area contributed by atoms with Crippen LogP contribution in [0.1, 0.15) is 18.4 Å². The molecule has 0 aromatic heterocycles. The van der Waals surface area contributed by atoms with Crippen LogP contribution in [0.5, 0.6) is 17.2 Å². The summed E-state index contributed by atoms with van der Waals surface area (Å²) in [5.41, 5.74) is 0.831. The first-order chi connectivity index (χ1) is 10.2. The molecule has 0 N–H and O–H groups in total. The maximum atomic E-state index is 11.4. The van der Waals surface area contributed by atoms with E-state index in [1.165, 1.54) is 0 Å². The van der Waals surface area contributed by atoms with Crippen LogP contribution in [0.15, 0.2) is 18.2 Å². The smallest absolute Gasteiger partial charge is 0.309 e. The zero-order valence-electron chi connectivity index (χ0n) is 12.5. The van der Waals surface area contributed by atoms with Crippen molar-refractivity contribution >= 4 is 12.0 Å². The molecule has 114 valence electrons. The largest absolute Gasteiger partial charge is 0.496 e. The molecule has 1 aromatic carbocycles. The molecule has 0 heterocycles. The fourth-order valence-electron chi connectivity index (χ4n) is 1.93. The lowest BCUT2D eigenvalue weighted by molar-refractivity contribution is -0.143. The second-order valence-electron chi connectivity index (χ2n) is 4.76. The summed E-state index contributed by atoms with van der Waals surface area (Å²) in [6.07, 6.45) is 5.52. The molecule has 0 spiro atoms. The molecular weight excluding hydrogens is 272 g/mol. The first kappa shape index (κ1) is 15.2. The highest BCUT2D eigenvalue weighted by molar-refractivity contribution is 5.75. The third kappa shape index (κ3) is 3.90. The van der Waals surface area contributed by atoms with E-state index in [-0.39, 0.29) is 18.5 Å². The predicted octanol–water partition coefficient (Wildman–Crippen LogP) is 2.68. The summed E-state index contributed by atoms with van der Waals surface area (Å²) in [4.78, 5) is 11.4. The van der Waals surface area contributed by atoms with Crippen LogP contribution in [0.25, 0.3) is 6.08 Å². The van der Waals surface area contributed by atoms with Gasteiger partial charge < -0.3 is 18.9 Å². The summed E-state index contributed by atoms with van der Waals surface area (Å²) < 4.78 is 20.9. The van der Waals surface area contributed by atoms with Gasteiger partial charge in [0.2, 0.25) is 0 Å². The molecular formula is C16H20O5. The Labute approximate surface area is 124 Å². The van der Waals surface area contributed by atoms with E-state index in [1.54, 1.807) is 33.5 Å². The van der Waals surface area contributed by atoms with Crippen LogP contribution in [-0.4, -0.2) is 33.9 Å². The quantitative estimate of drug-likeness (QED) is 0.723. The SMILES string of the molecule is COc1cc(OC)c(OC)cc1/C=C/COC(=O)C1CC1. The molecule has 0 amide bonds. The van der Waals surface area contributed by atoms with Gasteiger partial charge in [0.1, 0.15) is 12.4 Å². The van der Waals surface area contributed by atoms with E-state index in [4.69, 9.17) is 18.9 Å². The van der Waals surface area contributed by atoms with Crippen molar-refractivity contribution in [3.63, 3.8) is 0 Å². The first-order valence-corrected chi connectivity index (χ1v) is 6.82. The number of carbonyl (C=O) groups is 1. The average molecular weight is 292 g/mol. The molecule has 1 fully saturated rings. The summed E-state index contributed by atoms with van der Waals surface area (Å²) in [5, 5.41) is 0. The Morgan fingerprint density at radius 2 is 1.71 bits per heavy atom. The summed E-state index contributed by atoms with van der Waals surface area (Å²) in [6.45, 7) is 0.257. The Balaban J connectivity index is 2.04. The molecule has 1 saturated carbocycles. The number of rotatable bonds is 7. The van der Waals surface area contributed by atoms with Crippen LogP contribution in [0.4, 0.5) is 0 Å². The molecule has 1 aliphatic rings. The van der Waals surface area contributed by atoms with Gasteiger partial charge in [-0.1, -0.05) is 6.08 Å². The molecule has 0 saturated heterocycles. The summed E-state index contributed by atoms with van der Waals surface area (Å²) in [7, 11) is 4.74. The lowest BCUT2D eigenvalue weighted by atomic mass is 10.1. The zero-order chi connectivity index (χ0) is 15.2. The monoisotopic (exact) mass is 292 g/mol. The topological polar surface area (TPSA) is 54.0 Å². The predicted molar refractivity (Wildman–Crippen MR) is 78.8 cm³/mol. The van der Waals surface area contributed by atoms with Crippen LogP contribution in [0, 0.1) is 5.92 Å². The van der Waals surface area contributed by atoms with Crippen molar-refractivity contribution in [1.29, 1.82) is 0 Å². The van der Waals surface area contributed by atoms with E-state index >= 15 is 0 Å². The lowest BCUT2D eigenvalue weighted by Crippen LogP contribution is -2.05. The molecule has 1 aliphatic carbocycles. The third-order valence-electron chi connectivity index (χ3n) is 3.27. The van der Waals surface area contributed by atoms with E-state index < -0.39 is 0 Å². The van der Waals surface area contributed by atoms with E-state index in [1.807, 2.05) is 12.1 Å². The molecule has 5 heteroatoms. The molecule has 2 rings (SSSR count). The van der Waals surface area contributed by atoms with Crippen molar-refractivity contribution in [2.75, 3.05) is 27.9 Å². The van der Waals surface area contributed by atoms with Gasteiger partial charge in [-0.2, -0.15) is 0 Å². The van der Waals surface area contributed by atoms with Gasteiger partial charge in [-0.3, -0.25) is 4.79 Å². The van der Waals surface area contributed by atoms with E-state index in [9.17, 15) is 4.79 Å². The Morgan fingerprint density at radius 1 is 1.10 bits per heavy atom. The van der Waals surface area contributed by atoms with E-state index in [2.05, 4.69) is 0 Å². The number of ether oxygens (including phenoxy) is 4. The van der Waals surface area contributed by atoms with Crippen LogP contribution in [0.3, 0.4) is 0 Å². The molecule has 5 nitrogen and oxygen atoms in total. The highest BCUT2D eigenvalue weighted by atomic mass is 16.5. The first-order valence-electron chi connectivity index (χ1n) is 6.82. The van der Waals surface area contributed by atoms with Crippen LogP contribution >= 0.6 is 0 Å². The zero-order valence-corrected chi connectivity index (χ0v) is 12.5. The van der Waals surface area contributed by atoms with Crippen LogP contribution in [0.2, 0.25) is 0 Å². The fraction of sp³-hybridized carbons (Fsp3) is 0.438. The van der Waals surface area contributed by atoms with Crippen molar-refractivity contribution in [1.82, 2.24) is 0 Å². The van der Waals surface area contributed by atoms with Gasteiger partial charge in [0, 0.05) is 11.6 Å².